The predicted octanol–water partition coefficient (Wildman–Crippen LogP) is 3.50. The van der Waals surface area contributed by atoms with Gasteiger partial charge in [0.2, 0.25) is 0 Å². The Bertz CT molecular complexity index is 538. The van der Waals surface area contributed by atoms with Crippen molar-refractivity contribution in [2.45, 2.75) is 64.3 Å². The van der Waals surface area contributed by atoms with Crippen LogP contribution < -0.4 is 10.6 Å². The van der Waals surface area contributed by atoms with Gasteiger partial charge in [-0.05, 0) is 52.2 Å². The van der Waals surface area contributed by atoms with E-state index in [2.05, 4.69) is 10.6 Å². The third-order valence-electron chi connectivity index (χ3n) is 3.82. The molecule has 0 aliphatic heterocycles. The van der Waals surface area contributed by atoms with Crippen LogP contribution in [0, 0.1) is 11.6 Å². The molecule has 23 heavy (non-hydrogen) atoms. The molecule has 6 heteroatoms. The first kappa shape index (κ1) is 17.7. The molecule has 2 rings (SSSR count). The first-order valence-electron chi connectivity index (χ1n) is 7.92. The molecule has 0 bridgehead atoms. The van der Waals surface area contributed by atoms with E-state index in [4.69, 9.17) is 4.74 Å². The highest BCUT2D eigenvalue weighted by atomic mass is 19.1. The molecule has 0 heterocycles. The summed E-state index contributed by atoms with van der Waals surface area (Å²) in [6.45, 7) is 5.50. The maximum absolute atomic E-state index is 13.6. The summed E-state index contributed by atoms with van der Waals surface area (Å²) < 4.78 is 32.5. The monoisotopic (exact) mass is 326 g/mol. The van der Waals surface area contributed by atoms with Crippen LogP contribution >= 0.6 is 0 Å². The summed E-state index contributed by atoms with van der Waals surface area (Å²) in [5.41, 5.74) is -0.530. The van der Waals surface area contributed by atoms with Gasteiger partial charge in [-0.2, -0.15) is 0 Å². The van der Waals surface area contributed by atoms with Gasteiger partial charge < -0.3 is 15.4 Å². The maximum Gasteiger partial charge on any atom is 0.407 e. The highest BCUT2D eigenvalue weighted by Crippen LogP contribution is 2.21. The standard InChI is InChI=1S/C17H24F2N2O2/c1-17(2,3)23-16(22)21-15-9-5-8-14(15)20-10-11-12(18)6-4-7-13(11)19/h4,6-7,14-15,20H,5,8-10H2,1-3H3,(H,21,22). The average molecular weight is 326 g/mol. The van der Waals surface area contributed by atoms with E-state index in [-0.39, 0.29) is 24.2 Å². The number of nitrogens with one attached hydrogen (secondary N) is 2. The molecule has 0 spiro atoms. The normalized spacial score (nSPS) is 21.3. The van der Waals surface area contributed by atoms with Crippen LogP contribution in [0.15, 0.2) is 18.2 Å². The largest absolute Gasteiger partial charge is 0.444 e. The molecule has 1 amide bonds. The number of carbonyl (C=O) groups is 1. The minimum Gasteiger partial charge on any atom is -0.444 e. The van der Waals surface area contributed by atoms with Crippen molar-refractivity contribution in [3.8, 4) is 0 Å². The first-order valence-corrected chi connectivity index (χ1v) is 7.92. The summed E-state index contributed by atoms with van der Waals surface area (Å²) >= 11 is 0. The molecule has 128 valence electrons. The van der Waals surface area contributed by atoms with E-state index >= 15 is 0 Å². The topological polar surface area (TPSA) is 50.4 Å². The van der Waals surface area contributed by atoms with Gasteiger partial charge in [0.1, 0.15) is 17.2 Å². The summed E-state index contributed by atoms with van der Waals surface area (Å²) in [6.07, 6.45) is 2.14. The fraction of sp³-hybridized carbons (Fsp3) is 0.588. The molecule has 1 aliphatic carbocycles. The van der Waals surface area contributed by atoms with Crippen LogP contribution in [-0.2, 0) is 11.3 Å². The van der Waals surface area contributed by atoms with Gasteiger partial charge in [-0.15, -0.1) is 0 Å². The molecular weight excluding hydrogens is 302 g/mol. The number of amides is 1. The van der Waals surface area contributed by atoms with Crippen LogP contribution in [0.4, 0.5) is 13.6 Å². The minimum absolute atomic E-state index is 0.0235. The zero-order valence-electron chi connectivity index (χ0n) is 13.8. The molecule has 1 aliphatic rings. The van der Waals surface area contributed by atoms with Gasteiger partial charge in [0.15, 0.2) is 0 Å². The van der Waals surface area contributed by atoms with Crippen molar-refractivity contribution in [2.24, 2.45) is 0 Å². The Morgan fingerprint density at radius 3 is 2.43 bits per heavy atom. The van der Waals surface area contributed by atoms with Crippen LogP contribution in [0.25, 0.3) is 0 Å². The van der Waals surface area contributed by atoms with E-state index in [1.54, 1.807) is 20.8 Å². The highest BCUT2D eigenvalue weighted by molar-refractivity contribution is 5.68. The van der Waals surface area contributed by atoms with Crippen LogP contribution in [0.5, 0.6) is 0 Å². The van der Waals surface area contributed by atoms with Gasteiger partial charge in [-0.3, -0.25) is 0 Å². The second-order valence-corrected chi connectivity index (χ2v) is 6.87. The fourth-order valence-electron chi connectivity index (χ4n) is 2.77. The Morgan fingerprint density at radius 1 is 1.22 bits per heavy atom. The molecule has 0 aromatic heterocycles. The van der Waals surface area contributed by atoms with Crippen LogP contribution in [-0.4, -0.2) is 23.8 Å². The van der Waals surface area contributed by atoms with Gasteiger partial charge >= 0.3 is 6.09 Å². The molecule has 1 fully saturated rings. The van der Waals surface area contributed by atoms with Gasteiger partial charge in [-0.1, -0.05) is 6.07 Å². The Balaban J connectivity index is 1.91. The Morgan fingerprint density at radius 2 is 1.83 bits per heavy atom. The number of carbonyl (C=O) groups excluding carboxylic acids is 1. The van der Waals surface area contributed by atoms with Crippen molar-refractivity contribution in [3.05, 3.63) is 35.4 Å². The first-order chi connectivity index (χ1) is 10.8. The lowest BCUT2D eigenvalue weighted by Crippen LogP contribution is -2.47. The zero-order chi connectivity index (χ0) is 17.0. The SMILES string of the molecule is CC(C)(C)OC(=O)NC1CCCC1NCc1c(F)cccc1F. The summed E-state index contributed by atoms with van der Waals surface area (Å²) in [6, 6.07) is 3.70. The van der Waals surface area contributed by atoms with E-state index in [0.717, 1.165) is 19.3 Å². The van der Waals surface area contributed by atoms with Crippen LogP contribution in [0.1, 0.15) is 45.6 Å². The predicted molar refractivity (Wildman–Crippen MR) is 84.0 cm³/mol. The molecule has 1 aromatic rings. The number of rotatable bonds is 4. The molecule has 0 radical (unpaired) electrons. The number of ether oxygens (including phenoxy) is 1. The average Bonchev–Trinajstić information content (AvgIpc) is 2.83. The zero-order valence-corrected chi connectivity index (χ0v) is 13.8. The lowest BCUT2D eigenvalue weighted by molar-refractivity contribution is 0.0498. The van der Waals surface area contributed by atoms with Gasteiger partial charge in [-0.25, -0.2) is 13.6 Å². The van der Waals surface area contributed by atoms with Gasteiger partial charge in [0.05, 0.1) is 0 Å². The van der Waals surface area contributed by atoms with Crippen LogP contribution in [0.3, 0.4) is 0 Å². The smallest absolute Gasteiger partial charge is 0.407 e. The summed E-state index contributed by atoms with van der Waals surface area (Å²) in [4.78, 5) is 11.9. The number of hydrogen-bond donors (Lipinski definition) is 2. The number of benzene rings is 1. The van der Waals surface area contributed by atoms with E-state index in [0.29, 0.717) is 0 Å². The summed E-state index contributed by atoms with van der Waals surface area (Å²) in [5.74, 6) is -1.13. The Hall–Kier alpha value is -1.69. The quantitative estimate of drug-likeness (QED) is 0.890. The Labute approximate surface area is 135 Å². The third kappa shape index (κ3) is 5.16. The molecule has 4 nitrogen and oxygen atoms in total. The molecule has 2 N–H and O–H groups in total. The van der Waals surface area contributed by atoms with Crippen molar-refractivity contribution in [2.75, 3.05) is 0 Å². The van der Waals surface area contributed by atoms with Crippen molar-refractivity contribution >= 4 is 6.09 Å². The fourth-order valence-corrected chi connectivity index (χ4v) is 2.77. The van der Waals surface area contributed by atoms with Crippen molar-refractivity contribution in [1.29, 1.82) is 0 Å². The minimum atomic E-state index is -0.563. The van der Waals surface area contributed by atoms with E-state index in [1.807, 2.05) is 0 Å². The van der Waals surface area contributed by atoms with E-state index in [9.17, 15) is 13.6 Å². The van der Waals surface area contributed by atoms with Gasteiger partial charge in [0.25, 0.3) is 0 Å². The van der Waals surface area contributed by atoms with Gasteiger partial charge in [0, 0.05) is 24.2 Å². The Kier molecular flexibility index (Phi) is 5.57. The number of alkyl carbamates (subject to hydrolysis) is 1. The molecule has 2 unspecified atom stereocenters. The number of hydrogen-bond acceptors (Lipinski definition) is 3. The second kappa shape index (κ2) is 7.25. The van der Waals surface area contributed by atoms with E-state index in [1.165, 1.54) is 18.2 Å². The molecule has 1 aromatic carbocycles. The summed E-state index contributed by atoms with van der Waals surface area (Å²) in [5, 5.41) is 5.99. The summed E-state index contributed by atoms with van der Waals surface area (Å²) in [7, 11) is 0. The van der Waals surface area contributed by atoms with Crippen molar-refractivity contribution in [3.63, 3.8) is 0 Å². The highest BCUT2D eigenvalue weighted by Gasteiger charge is 2.30. The maximum atomic E-state index is 13.6. The van der Waals surface area contributed by atoms with Crippen molar-refractivity contribution in [1.82, 2.24) is 10.6 Å². The molecule has 0 saturated heterocycles. The second-order valence-electron chi connectivity index (χ2n) is 6.87. The molecule has 2 atom stereocenters. The lowest BCUT2D eigenvalue weighted by atomic mass is 10.1. The third-order valence-corrected chi connectivity index (χ3v) is 3.82. The molecular formula is C17H24F2N2O2. The van der Waals surface area contributed by atoms with E-state index < -0.39 is 23.3 Å². The lowest BCUT2D eigenvalue weighted by Gasteiger charge is -2.25. The number of halogens is 2. The van der Waals surface area contributed by atoms with Crippen LogP contribution in [0.2, 0.25) is 0 Å². The van der Waals surface area contributed by atoms with Crippen molar-refractivity contribution < 1.29 is 18.3 Å². The molecule has 1 saturated carbocycles.